The molecule has 1 amide bonds. The minimum atomic E-state index is -3.55. The number of carbonyl (C=O) groups is 1. The van der Waals surface area contributed by atoms with E-state index in [4.69, 9.17) is 9.47 Å². The molecule has 1 heterocycles. The molecule has 3 aromatic rings. The molecule has 10 heteroatoms. The summed E-state index contributed by atoms with van der Waals surface area (Å²) in [5.74, 6) is 0.407. The third-order valence-electron chi connectivity index (χ3n) is 6.32. The highest BCUT2D eigenvalue weighted by atomic mass is 32.2. The number of aliphatic hydroxyl groups excluding tert-OH is 1. The quantitative estimate of drug-likeness (QED) is 0.413. The number of benzene rings is 3. The van der Waals surface area contributed by atoms with Crippen molar-refractivity contribution in [3.8, 4) is 11.8 Å². The van der Waals surface area contributed by atoms with Gasteiger partial charge in [0.25, 0.3) is 0 Å². The Bertz CT molecular complexity index is 1520. The Hall–Kier alpha value is -3.81. The zero-order valence-electron chi connectivity index (χ0n) is 22.5. The van der Waals surface area contributed by atoms with E-state index < -0.39 is 27.8 Å². The summed E-state index contributed by atoms with van der Waals surface area (Å²) < 4.78 is 38.7. The monoisotopic (exact) mass is 551 g/mol. The Morgan fingerprint density at radius 1 is 1.13 bits per heavy atom. The largest absolute Gasteiger partial charge is 0.487 e. The van der Waals surface area contributed by atoms with Crippen LogP contribution < -0.4 is 9.46 Å². The lowest BCUT2D eigenvalue weighted by Gasteiger charge is -2.39. The lowest BCUT2D eigenvalue weighted by molar-refractivity contribution is -0.0221. The van der Waals surface area contributed by atoms with Crippen LogP contribution in [0.2, 0.25) is 0 Å². The van der Waals surface area contributed by atoms with Crippen LogP contribution in [0.25, 0.3) is 10.8 Å². The number of nitrogens with one attached hydrogen (secondary N) is 1. The number of nitrogens with zero attached hydrogens (tertiary/aromatic N) is 2. The lowest BCUT2D eigenvalue weighted by Crippen LogP contribution is -2.57. The molecule has 0 spiro atoms. The molecular formula is C29H33N3O6S. The first kappa shape index (κ1) is 28.2. The van der Waals surface area contributed by atoms with Gasteiger partial charge in [-0.3, -0.25) is 4.72 Å². The summed E-state index contributed by atoms with van der Waals surface area (Å²) in [5, 5.41) is 22.1. The third kappa shape index (κ3) is 7.19. The van der Waals surface area contributed by atoms with E-state index in [1.54, 1.807) is 42.2 Å². The van der Waals surface area contributed by atoms with Crippen molar-refractivity contribution in [2.45, 2.75) is 51.9 Å². The average molecular weight is 552 g/mol. The smallest absolute Gasteiger partial charge is 0.410 e. The molecule has 1 unspecified atom stereocenters. The van der Waals surface area contributed by atoms with Crippen LogP contribution in [0.1, 0.15) is 50.5 Å². The van der Waals surface area contributed by atoms with Crippen LogP contribution in [0.4, 0.5) is 10.5 Å². The van der Waals surface area contributed by atoms with E-state index in [1.807, 2.05) is 45.0 Å². The first-order chi connectivity index (χ1) is 18.4. The average Bonchev–Trinajstić information content (AvgIpc) is 2.85. The molecule has 1 aliphatic heterocycles. The van der Waals surface area contributed by atoms with Gasteiger partial charge < -0.3 is 19.5 Å². The van der Waals surface area contributed by atoms with Gasteiger partial charge in [0.2, 0.25) is 10.0 Å². The topological polar surface area (TPSA) is 129 Å². The Kier molecular flexibility index (Phi) is 8.04. The summed E-state index contributed by atoms with van der Waals surface area (Å²) in [6.45, 7) is 7.73. The Morgan fingerprint density at radius 2 is 1.85 bits per heavy atom. The molecule has 0 aromatic heterocycles. The maximum absolute atomic E-state index is 12.3. The van der Waals surface area contributed by atoms with Crippen molar-refractivity contribution in [1.29, 1.82) is 5.26 Å². The summed E-state index contributed by atoms with van der Waals surface area (Å²) in [4.78, 5) is 13.8. The van der Waals surface area contributed by atoms with Gasteiger partial charge in [-0.1, -0.05) is 18.2 Å². The molecule has 1 fully saturated rings. The van der Waals surface area contributed by atoms with Gasteiger partial charge in [-0.15, -0.1) is 0 Å². The highest BCUT2D eigenvalue weighted by Crippen LogP contribution is 2.31. The normalized spacial score (nSPS) is 14.8. The minimum Gasteiger partial charge on any atom is -0.487 e. The molecule has 0 aliphatic carbocycles. The Labute approximate surface area is 229 Å². The maximum atomic E-state index is 12.3. The molecule has 39 heavy (non-hydrogen) atoms. The van der Waals surface area contributed by atoms with Crippen LogP contribution in [-0.4, -0.2) is 55.1 Å². The van der Waals surface area contributed by atoms with Crippen molar-refractivity contribution in [3.63, 3.8) is 0 Å². The van der Waals surface area contributed by atoms with Gasteiger partial charge >= 0.3 is 6.09 Å². The summed E-state index contributed by atoms with van der Waals surface area (Å²) in [6, 6.07) is 18.0. The van der Waals surface area contributed by atoms with Gasteiger partial charge in [0.1, 0.15) is 17.5 Å². The molecule has 2 N–H and O–H groups in total. The van der Waals surface area contributed by atoms with E-state index in [9.17, 15) is 23.6 Å². The van der Waals surface area contributed by atoms with E-state index in [0.717, 1.165) is 10.8 Å². The van der Waals surface area contributed by atoms with E-state index in [-0.39, 0.29) is 18.3 Å². The number of carbonyl (C=O) groups excluding carboxylic acids is 1. The first-order valence-corrected chi connectivity index (χ1v) is 14.4. The first-order valence-electron chi connectivity index (χ1n) is 12.8. The van der Waals surface area contributed by atoms with Crippen molar-refractivity contribution < 1.29 is 27.8 Å². The van der Waals surface area contributed by atoms with Crippen molar-refractivity contribution in [2.75, 3.05) is 23.6 Å². The fourth-order valence-corrected chi connectivity index (χ4v) is 4.88. The lowest BCUT2D eigenvalue weighted by atomic mass is 9.97. The molecule has 3 aromatic carbocycles. The number of nitriles is 1. The predicted molar refractivity (Wildman–Crippen MR) is 149 cm³/mol. The predicted octanol–water partition coefficient (Wildman–Crippen LogP) is 4.75. The van der Waals surface area contributed by atoms with Gasteiger partial charge in [0.15, 0.2) is 0 Å². The van der Waals surface area contributed by atoms with Gasteiger partial charge in [-0.2, -0.15) is 5.26 Å². The number of rotatable bonds is 8. The van der Waals surface area contributed by atoms with Crippen LogP contribution in [-0.2, 0) is 21.2 Å². The fraction of sp³-hybridized carbons (Fsp3) is 0.379. The van der Waals surface area contributed by atoms with Crippen LogP contribution in [0, 0.1) is 11.3 Å². The number of anilines is 1. The SMILES string of the molecule is CCS(=O)(=O)Nc1ccc(OC2CN(C(=O)OC(C)(C)C)C2)cc1CC(O)c1ccc2ccc(C#N)cc2c1. The molecule has 1 atom stereocenters. The molecule has 0 bridgehead atoms. The molecule has 9 nitrogen and oxygen atoms in total. The van der Waals surface area contributed by atoms with Gasteiger partial charge in [-0.25, -0.2) is 13.2 Å². The molecule has 1 aliphatic rings. The number of amides is 1. The number of likely N-dealkylation sites (tertiary alicyclic amines) is 1. The fourth-order valence-electron chi connectivity index (χ4n) is 4.20. The van der Waals surface area contributed by atoms with E-state index >= 15 is 0 Å². The summed E-state index contributed by atoms with van der Waals surface area (Å²) >= 11 is 0. The zero-order valence-corrected chi connectivity index (χ0v) is 23.3. The number of hydrogen-bond donors (Lipinski definition) is 2. The van der Waals surface area contributed by atoms with E-state index in [1.165, 1.54) is 0 Å². The number of hydrogen-bond acceptors (Lipinski definition) is 7. The van der Waals surface area contributed by atoms with Crippen molar-refractivity contribution in [3.05, 3.63) is 71.3 Å². The van der Waals surface area contributed by atoms with E-state index in [0.29, 0.717) is 41.2 Å². The van der Waals surface area contributed by atoms with Crippen LogP contribution in [0.3, 0.4) is 0 Å². The maximum Gasteiger partial charge on any atom is 0.410 e. The van der Waals surface area contributed by atoms with E-state index in [2.05, 4.69) is 10.8 Å². The Balaban J connectivity index is 1.53. The second kappa shape index (κ2) is 11.1. The highest BCUT2D eigenvalue weighted by molar-refractivity contribution is 7.92. The summed E-state index contributed by atoms with van der Waals surface area (Å²) in [5.41, 5.74) is 1.51. The van der Waals surface area contributed by atoms with Crippen LogP contribution in [0.15, 0.2) is 54.6 Å². The minimum absolute atomic E-state index is 0.0955. The highest BCUT2D eigenvalue weighted by Gasteiger charge is 2.35. The second-order valence-electron chi connectivity index (χ2n) is 10.6. The standard InChI is InChI=1S/C29H33N3O6S/c1-5-39(35,36)31-26-11-10-24(37-25-17-32(18-25)28(34)38-29(2,3)4)14-23(26)15-27(33)21-9-8-20-7-6-19(16-30)12-22(20)13-21/h6-14,25,27,31,33H,5,15,17-18H2,1-4H3. The van der Waals surface area contributed by atoms with Crippen molar-refractivity contribution in [2.24, 2.45) is 0 Å². The van der Waals surface area contributed by atoms with Crippen molar-refractivity contribution in [1.82, 2.24) is 4.90 Å². The molecule has 0 radical (unpaired) electrons. The van der Waals surface area contributed by atoms with Crippen LogP contribution >= 0.6 is 0 Å². The number of sulfonamides is 1. The zero-order chi connectivity index (χ0) is 28.4. The number of fused-ring (bicyclic) bond motifs is 1. The van der Waals surface area contributed by atoms with Gasteiger partial charge in [0, 0.05) is 6.42 Å². The third-order valence-corrected chi connectivity index (χ3v) is 7.61. The summed E-state index contributed by atoms with van der Waals surface area (Å²) in [7, 11) is -3.55. The molecule has 1 saturated heterocycles. The van der Waals surface area contributed by atoms with Crippen LogP contribution in [0.5, 0.6) is 5.75 Å². The number of aliphatic hydroxyl groups is 1. The molecule has 4 rings (SSSR count). The number of ether oxygens (including phenoxy) is 2. The molecular weight excluding hydrogens is 518 g/mol. The van der Waals surface area contributed by atoms with Crippen molar-refractivity contribution >= 4 is 32.6 Å². The Morgan fingerprint density at radius 3 is 2.51 bits per heavy atom. The van der Waals surface area contributed by atoms with Gasteiger partial charge in [-0.05, 0) is 86.0 Å². The second-order valence-corrected chi connectivity index (χ2v) is 12.6. The molecule has 0 saturated carbocycles. The summed E-state index contributed by atoms with van der Waals surface area (Å²) in [6.07, 6.45) is -1.45. The molecule has 206 valence electrons. The van der Waals surface area contributed by atoms with Gasteiger partial charge in [0.05, 0.1) is 42.3 Å².